The molecule has 366 valence electrons. The fraction of sp³-hybridized carbons (Fsp3) is 0.200. The van der Waals surface area contributed by atoms with Gasteiger partial charge in [-0.15, -0.1) is 39.5 Å². The molecule has 0 spiro atoms. The molecule has 3 aromatic carbocycles. The first-order valence-electron chi connectivity index (χ1n) is 19.9. The van der Waals surface area contributed by atoms with E-state index in [2.05, 4.69) is 44.5 Å². The molecule has 0 aliphatic rings. The van der Waals surface area contributed by atoms with Gasteiger partial charge in [0, 0.05) is 30.5 Å². The topological polar surface area (TPSA) is 118 Å². The van der Waals surface area contributed by atoms with Crippen LogP contribution in [0.4, 0.5) is 57.1 Å². The number of aromatic nitrogens is 9. The molecule has 0 radical (unpaired) electrons. The lowest BCUT2D eigenvalue weighted by Gasteiger charge is -2.12. The van der Waals surface area contributed by atoms with E-state index in [1.54, 1.807) is 37.0 Å². The highest BCUT2D eigenvalue weighted by Gasteiger charge is 2.34. The molecule has 0 atom stereocenters. The molecule has 9 aromatic rings. The molecule has 9 rings (SSSR count). The molecule has 25 heteroatoms. The van der Waals surface area contributed by atoms with Crippen LogP contribution in [-0.4, -0.2) is 62.9 Å². The van der Waals surface area contributed by atoms with E-state index in [0.717, 1.165) is 55.5 Å². The lowest BCUT2D eigenvalue weighted by molar-refractivity contribution is -0.275. The van der Waals surface area contributed by atoms with E-state index in [-0.39, 0.29) is 39.4 Å². The van der Waals surface area contributed by atoms with Gasteiger partial charge in [-0.25, -0.2) is 46.1 Å². The van der Waals surface area contributed by atoms with Crippen LogP contribution >= 0.6 is 0 Å². The first kappa shape index (κ1) is 49.9. The van der Waals surface area contributed by atoms with Crippen LogP contribution < -0.4 is 14.2 Å². The molecule has 0 bridgehead atoms. The van der Waals surface area contributed by atoms with E-state index in [1.165, 1.54) is 70.2 Å². The Kier molecular flexibility index (Phi) is 13.4. The van der Waals surface area contributed by atoms with Crippen LogP contribution in [0.15, 0.2) is 123 Å². The van der Waals surface area contributed by atoms with Gasteiger partial charge in [0.15, 0.2) is 0 Å². The van der Waals surface area contributed by atoms with Crippen LogP contribution in [0.5, 0.6) is 17.2 Å². The zero-order chi connectivity index (χ0) is 51.0. The van der Waals surface area contributed by atoms with Gasteiger partial charge < -0.3 is 14.2 Å². The van der Waals surface area contributed by atoms with Crippen molar-refractivity contribution in [1.29, 1.82) is 0 Å². The number of benzene rings is 3. The molecular formula is C45H32F13N9O3. The Morgan fingerprint density at radius 1 is 0.429 bits per heavy atom. The molecular weight excluding hydrogens is 962 g/mol. The van der Waals surface area contributed by atoms with Gasteiger partial charge in [-0.1, -0.05) is 0 Å². The number of hydrogen-bond acceptors (Lipinski definition) is 9. The highest BCUT2D eigenvalue weighted by atomic mass is 19.4. The van der Waals surface area contributed by atoms with Crippen LogP contribution in [0, 0.1) is 13.8 Å². The Bertz CT molecular complexity index is 3280. The fourth-order valence-corrected chi connectivity index (χ4v) is 6.81. The van der Waals surface area contributed by atoms with Crippen molar-refractivity contribution in [1.82, 2.24) is 43.8 Å². The summed E-state index contributed by atoms with van der Waals surface area (Å²) in [5, 5.41) is 11.7. The summed E-state index contributed by atoms with van der Waals surface area (Å²) in [4.78, 5) is 12.5. The molecule has 12 nitrogen and oxygen atoms in total. The highest BCUT2D eigenvalue weighted by Crippen LogP contribution is 2.35. The van der Waals surface area contributed by atoms with Crippen LogP contribution in [0.25, 0.3) is 50.3 Å². The largest absolute Gasteiger partial charge is 0.573 e. The Balaban J connectivity index is 0.000000155. The lowest BCUT2D eigenvalue weighted by atomic mass is 10.0. The summed E-state index contributed by atoms with van der Waals surface area (Å²) < 4.78 is 180. The van der Waals surface area contributed by atoms with Gasteiger partial charge in [-0.2, -0.15) is 15.3 Å². The first-order valence-corrected chi connectivity index (χ1v) is 19.9. The van der Waals surface area contributed by atoms with Crippen molar-refractivity contribution in [3.8, 4) is 51.0 Å². The second-order valence-electron chi connectivity index (χ2n) is 15.2. The molecule has 6 aromatic heterocycles. The van der Waals surface area contributed by atoms with Crippen molar-refractivity contribution >= 4 is 16.6 Å². The van der Waals surface area contributed by atoms with Crippen molar-refractivity contribution in [2.75, 3.05) is 0 Å². The van der Waals surface area contributed by atoms with Gasteiger partial charge in [0.1, 0.15) is 36.2 Å². The van der Waals surface area contributed by atoms with Gasteiger partial charge in [-0.3, -0.25) is 0 Å². The second-order valence-corrected chi connectivity index (χ2v) is 15.2. The average Bonchev–Trinajstić information content (AvgIpc) is 4.01. The number of fused-ring (bicyclic) bond motifs is 3. The minimum atomic E-state index is -4.79. The number of alkyl halides is 13. The van der Waals surface area contributed by atoms with Crippen LogP contribution in [0.3, 0.4) is 0 Å². The first-order chi connectivity index (χ1) is 32.6. The Labute approximate surface area is 385 Å². The van der Waals surface area contributed by atoms with Crippen molar-refractivity contribution in [3.63, 3.8) is 0 Å². The normalized spacial score (nSPS) is 12.4. The van der Waals surface area contributed by atoms with E-state index >= 15 is 0 Å². The quantitative estimate of drug-likeness (QED) is 0.137. The molecule has 70 heavy (non-hydrogen) atoms. The van der Waals surface area contributed by atoms with E-state index in [9.17, 15) is 57.1 Å². The van der Waals surface area contributed by atoms with E-state index in [1.807, 2.05) is 12.1 Å². The number of hydrogen-bond donors (Lipinski definition) is 0. The van der Waals surface area contributed by atoms with Crippen molar-refractivity contribution in [3.05, 3.63) is 145 Å². The SMILES string of the molecule is CC(F)(F)c1cnn2cnc(-c3ccc(OC(F)(F)F)cc3)cc12.Cc1cc(OC(F)(F)F)ccc1-c1cc2c(C(C)(F)F)cnn2cn1.Cc1cc(OC(F)(F)F)ccc1-c1cc2ccnn2cn1. The molecule has 0 saturated heterocycles. The average molecular weight is 994 g/mol. The maximum absolute atomic E-state index is 13.6. The summed E-state index contributed by atoms with van der Waals surface area (Å²) in [6, 6.07) is 19.4. The second kappa shape index (κ2) is 18.8. The summed E-state index contributed by atoms with van der Waals surface area (Å²) in [6.07, 6.45) is -6.39. The molecule has 6 heterocycles. The van der Waals surface area contributed by atoms with E-state index in [4.69, 9.17) is 0 Å². The standard InChI is InChI=1S/C16H12F5N3O.C15H10F5N3O.C14H10F3N3O/c1-9-5-10(25-16(19,20)21)3-4-11(9)13-6-14-12(15(2,17)18)7-23-24(14)8-22-13;1-14(16,17)11-7-22-23-8-21-12(6-13(11)23)9-2-4-10(5-3-9)24-15(18,19)20;1-9-6-11(21-14(15,16)17)2-3-12(9)13-7-10-4-5-19-20(10)8-18-13/h3-8H,1-2H3;2-8H,1H3;2-8H,1H3. The Morgan fingerprint density at radius 2 is 0.829 bits per heavy atom. The minimum Gasteiger partial charge on any atom is -0.406 e. The summed E-state index contributed by atoms with van der Waals surface area (Å²) in [6.45, 7) is 4.81. The number of aryl methyl sites for hydroxylation is 2. The molecule has 0 unspecified atom stereocenters. The third-order valence-corrected chi connectivity index (χ3v) is 9.86. The van der Waals surface area contributed by atoms with Crippen molar-refractivity contribution in [2.45, 2.75) is 58.6 Å². The fourth-order valence-electron chi connectivity index (χ4n) is 6.81. The zero-order valence-corrected chi connectivity index (χ0v) is 36.2. The van der Waals surface area contributed by atoms with Crippen LogP contribution in [0.1, 0.15) is 36.1 Å². The number of nitrogens with zero attached hydrogens (tertiary/aromatic N) is 9. The number of halogens is 13. The highest BCUT2D eigenvalue weighted by molar-refractivity contribution is 5.71. The monoisotopic (exact) mass is 993 g/mol. The van der Waals surface area contributed by atoms with Gasteiger partial charge in [0.25, 0.3) is 11.8 Å². The third kappa shape index (κ3) is 12.4. The Morgan fingerprint density at radius 3 is 1.27 bits per heavy atom. The maximum Gasteiger partial charge on any atom is 0.573 e. The van der Waals surface area contributed by atoms with E-state index in [0.29, 0.717) is 39.3 Å². The predicted molar refractivity (Wildman–Crippen MR) is 224 cm³/mol. The van der Waals surface area contributed by atoms with Crippen LogP contribution in [0.2, 0.25) is 0 Å². The summed E-state index contributed by atoms with van der Waals surface area (Å²) in [5.74, 6) is -7.14. The lowest BCUT2D eigenvalue weighted by Crippen LogP contribution is -2.17. The number of ether oxygens (including phenoxy) is 3. The van der Waals surface area contributed by atoms with Crippen molar-refractivity contribution in [2.24, 2.45) is 0 Å². The molecule has 0 aliphatic carbocycles. The zero-order valence-electron chi connectivity index (χ0n) is 36.2. The molecule has 0 fully saturated rings. The molecule has 0 saturated carbocycles. The molecule has 0 N–H and O–H groups in total. The van der Waals surface area contributed by atoms with Gasteiger partial charge in [-0.05, 0) is 110 Å². The van der Waals surface area contributed by atoms with Crippen LogP contribution in [-0.2, 0) is 11.8 Å². The third-order valence-electron chi connectivity index (χ3n) is 9.86. The molecule has 0 amide bonds. The summed E-state index contributed by atoms with van der Waals surface area (Å²) in [7, 11) is 0. The van der Waals surface area contributed by atoms with Gasteiger partial charge in [0.2, 0.25) is 0 Å². The maximum atomic E-state index is 13.6. The molecule has 0 aliphatic heterocycles. The summed E-state index contributed by atoms with van der Waals surface area (Å²) >= 11 is 0. The summed E-state index contributed by atoms with van der Waals surface area (Å²) in [5.41, 5.74) is 4.83. The predicted octanol–water partition coefficient (Wildman–Crippen LogP) is 12.7. The Hall–Kier alpha value is -7.99. The van der Waals surface area contributed by atoms with Gasteiger partial charge >= 0.3 is 19.1 Å². The smallest absolute Gasteiger partial charge is 0.406 e. The van der Waals surface area contributed by atoms with Crippen molar-refractivity contribution < 1.29 is 71.3 Å². The number of rotatable bonds is 8. The van der Waals surface area contributed by atoms with Gasteiger partial charge in [0.05, 0.1) is 63.3 Å². The minimum absolute atomic E-state index is 0.170. The van der Waals surface area contributed by atoms with E-state index < -0.39 is 30.9 Å².